The predicted octanol–water partition coefficient (Wildman–Crippen LogP) is 3.78. The lowest BCUT2D eigenvalue weighted by Crippen LogP contribution is -2.14. The van der Waals surface area contributed by atoms with E-state index in [9.17, 15) is 4.79 Å². The Morgan fingerprint density at radius 2 is 2.22 bits per heavy atom. The van der Waals surface area contributed by atoms with Crippen molar-refractivity contribution in [1.82, 2.24) is 10.2 Å². The van der Waals surface area contributed by atoms with Crippen LogP contribution in [0.15, 0.2) is 47.5 Å². The smallest absolute Gasteiger partial charge is 0.228 e. The molecule has 4 rings (SSSR count). The summed E-state index contributed by atoms with van der Waals surface area (Å²) in [6.07, 6.45) is 4.51. The van der Waals surface area contributed by atoms with Crippen LogP contribution in [-0.4, -0.2) is 21.9 Å². The van der Waals surface area contributed by atoms with E-state index >= 15 is 0 Å². The van der Waals surface area contributed by atoms with Crippen LogP contribution in [0.4, 0.5) is 5.69 Å². The minimum Gasteiger partial charge on any atom is -0.326 e. The number of nitrogens with zero attached hydrogens (tertiary/aromatic N) is 1. The summed E-state index contributed by atoms with van der Waals surface area (Å²) < 4.78 is 0. The van der Waals surface area contributed by atoms with E-state index in [4.69, 9.17) is 0 Å². The fraction of sp³-hybridized carbons (Fsp3) is 0.222. The van der Waals surface area contributed by atoms with Gasteiger partial charge in [0, 0.05) is 16.0 Å². The molecule has 116 valence electrons. The number of carbonyl (C=O) groups excluding carboxylic acids is 1. The zero-order valence-corrected chi connectivity index (χ0v) is 13.5. The Hall–Kier alpha value is -2.27. The minimum atomic E-state index is 0.00674. The molecule has 2 aromatic carbocycles. The van der Waals surface area contributed by atoms with Gasteiger partial charge in [-0.15, -0.1) is 11.8 Å². The number of hydrogen-bond donors (Lipinski definition) is 2. The number of amides is 1. The third-order valence-corrected chi connectivity index (χ3v) is 5.27. The summed E-state index contributed by atoms with van der Waals surface area (Å²) in [7, 11) is 0. The highest BCUT2D eigenvalue weighted by Crippen LogP contribution is 2.30. The fourth-order valence-corrected chi connectivity index (χ4v) is 3.95. The third-order valence-electron chi connectivity index (χ3n) is 4.06. The number of H-pyrrole nitrogens is 1. The highest BCUT2D eigenvalue weighted by atomic mass is 32.2. The van der Waals surface area contributed by atoms with Crippen molar-refractivity contribution in [3.05, 3.63) is 53.7 Å². The molecule has 0 radical (unpaired) electrons. The summed E-state index contributed by atoms with van der Waals surface area (Å²) >= 11 is 1.91. The first-order valence-corrected chi connectivity index (χ1v) is 8.74. The Morgan fingerprint density at radius 1 is 1.26 bits per heavy atom. The fourth-order valence-electron chi connectivity index (χ4n) is 2.93. The van der Waals surface area contributed by atoms with Crippen LogP contribution in [0.5, 0.6) is 0 Å². The number of aromatic amines is 1. The number of aryl methyl sites for hydroxylation is 1. The highest BCUT2D eigenvalue weighted by Gasteiger charge is 2.12. The van der Waals surface area contributed by atoms with Crippen LogP contribution < -0.4 is 5.32 Å². The van der Waals surface area contributed by atoms with E-state index in [1.807, 2.05) is 30.0 Å². The van der Waals surface area contributed by atoms with Gasteiger partial charge in [0.2, 0.25) is 5.91 Å². The van der Waals surface area contributed by atoms with Crippen molar-refractivity contribution in [3.63, 3.8) is 0 Å². The maximum Gasteiger partial charge on any atom is 0.228 e. The summed E-state index contributed by atoms with van der Waals surface area (Å²) in [5.74, 6) is 1.20. The molecular weight excluding hydrogens is 306 g/mol. The third kappa shape index (κ3) is 3.10. The van der Waals surface area contributed by atoms with E-state index in [-0.39, 0.29) is 5.91 Å². The Bertz CT molecular complexity index is 872. The quantitative estimate of drug-likeness (QED) is 0.771. The SMILES string of the molecule is O=C(Cc1ccc2c(c1)CCCS2)Nc1ccc2cn[nH]c2c1. The Kier molecular flexibility index (Phi) is 3.79. The van der Waals surface area contributed by atoms with Gasteiger partial charge >= 0.3 is 0 Å². The van der Waals surface area contributed by atoms with Gasteiger partial charge in [0.15, 0.2) is 0 Å². The first kappa shape index (κ1) is 14.3. The number of benzene rings is 2. The minimum absolute atomic E-state index is 0.00674. The van der Waals surface area contributed by atoms with Gasteiger partial charge in [-0.3, -0.25) is 9.89 Å². The maximum atomic E-state index is 12.3. The zero-order valence-electron chi connectivity index (χ0n) is 12.6. The molecule has 0 atom stereocenters. The van der Waals surface area contributed by atoms with E-state index < -0.39 is 0 Å². The Morgan fingerprint density at radius 3 is 3.17 bits per heavy atom. The van der Waals surface area contributed by atoms with Crippen molar-refractivity contribution in [2.45, 2.75) is 24.2 Å². The molecule has 2 heterocycles. The average molecular weight is 323 g/mol. The summed E-state index contributed by atoms with van der Waals surface area (Å²) in [5, 5.41) is 10.9. The van der Waals surface area contributed by atoms with Crippen LogP contribution in [0, 0.1) is 0 Å². The molecular formula is C18H17N3OS. The highest BCUT2D eigenvalue weighted by molar-refractivity contribution is 7.99. The van der Waals surface area contributed by atoms with Crippen LogP contribution in [-0.2, 0) is 17.6 Å². The van der Waals surface area contributed by atoms with Gasteiger partial charge < -0.3 is 5.32 Å². The summed E-state index contributed by atoms with van der Waals surface area (Å²) in [6.45, 7) is 0. The summed E-state index contributed by atoms with van der Waals surface area (Å²) in [5.41, 5.74) is 4.17. The topological polar surface area (TPSA) is 57.8 Å². The number of thioether (sulfide) groups is 1. The number of fused-ring (bicyclic) bond motifs is 2. The van der Waals surface area contributed by atoms with Gasteiger partial charge in [0.1, 0.15) is 0 Å². The van der Waals surface area contributed by atoms with Gasteiger partial charge in [0.05, 0.1) is 18.1 Å². The van der Waals surface area contributed by atoms with Crippen LogP contribution in [0.2, 0.25) is 0 Å². The normalized spacial score (nSPS) is 13.7. The van der Waals surface area contributed by atoms with Gasteiger partial charge in [0.25, 0.3) is 0 Å². The molecule has 0 fully saturated rings. The average Bonchev–Trinajstić information content (AvgIpc) is 3.02. The number of hydrogen-bond acceptors (Lipinski definition) is 3. The molecule has 4 nitrogen and oxygen atoms in total. The number of aromatic nitrogens is 2. The molecule has 1 aromatic heterocycles. The second-order valence-electron chi connectivity index (χ2n) is 5.79. The maximum absolute atomic E-state index is 12.3. The lowest BCUT2D eigenvalue weighted by Gasteiger charge is -2.16. The lowest BCUT2D eigenvalue weighted by molar-refractivity contribution is -0.115. The molecule has 0 saturated carbocycles. The molecule has 2 N–H and O–H groups in total. The van der Waals surface area contributed by atoms with Gasteiger partial charge in [-0.2, -0.15) is 5.10 Å². The molecule has 0 spiro atoms. The molecule has 0 saturated heterocycles. The molecule has 0 aliphatic carbocycles. The second kappa shape index (κ2) is 6.08. The first-order valence-electron chi connectivity index (χ1n) is 7.75. The number of carbonyl (C=O) groups is 1. The zero-order chi connectivity index (χ0) is 15.6. The lowest BCUT2D eigenvalue weighted by atomic mass is 10.0. The molecule has 0 unspecified atom stereocenters. The summed E-state index contributed by atoms with van der Waals surface area (Å²) in [6, 6.07) is 12.2. The monoisotopic (exact) mass is 323 g/mol. The standard InChI is InChI=1S/C18H17N3OS/c22-18(20-15-5-4-14-11-19-21-16(14)10-15)9-12-3-6-17-13(8-12)2-1-7-23-17/h3-6,8,10-11H,1-2,7,9H2,(H,19,21)(H,20,22). The van der Waals surface area contributed by atoms with E-state index in [1.165, 1.54) is 22.6 Å². The molecule has 3 aromatic rings. The number of rotatable bonds is 3. The second-order valence-corrected chi connectivity index (χ2v) is 6.93. The van der Waals surface area contributed by atoms with E-state index in [2.05, 4.69) is 33.7 Å². The largest absolute Gasteiger partial charge is 0.326 e. The van der Waals surface area contributed by atoms with Crippen molar-refractivity contribution in [3.8, 4) is 0 Å². The van der Waals surface area contributed by atoms with E-state index in [0.29, 0.717) is 6.42 Å². The van der Waals surface area contributed by atoms with E-state index in [0.717, 1.165) is 28.6 Å². The van der Waals surface area contributed by atoms with Gasteiger partial charge in [-0.05, 0) is 54.0 Å². The molecule has 1 amide bonds. The Balaban J connectivity index is 1.47. The van der Waals surface area contributed by atoms with Crippen LogP contribution in [0.25, 0.3) is 10.9 Å². The van der Waals surface area contributed by atoms with Crippen molar-refractivity contribution < 1.29 is 4.79 Å². The van der Waals surface area contributed by atoms with Crippen LogP contribution >= 0.6 is 11.8 Å². The van der Waals surface area contributed by atoms with Gasteiger partial charge in [-0.1, -0.05) is 12.1 Å². The van der Waals surface area contributed by atoms with Crippen molar-refractivity contribution in [2.75, 3.05) is 11.1 Å². The van der Waals surface area contributed by atoms with Crippen LogP contribution in [0.3, 0.4) is 0 Å². The van der Waals surface area contributed by atoms with E-state index in [1.54, 1.807) is 6.20 Å². The molecule has 1 aliphatic heterocycles. The Labute approximate surface area is 138 Å². The van der Waals surface area contributed by atoms with Crippen molar-refractivity contribution in [1.29, 1.82) is 0 Å². The molecule has 5 heteroatoms. The number of nitrogens with one attached hydrogen (secondary N) is 2. The first-order chi connectivity index (χ1) is 11.3. The number of anilines is 1. The summed E-state index contributed by atoms with van der Waals surface area (Å²) in [4.78, 5) is 13.6. The van der Waals surface area contributed by atoms with Crippen LogP contribution in [0.1, 0.15) is 17.5 Å². The van der Waals surface area contributed by atoms with Gasteiger partial charge in [-0.25, -0.2) is 0 Å². The van der Waals surface area contributed by atoms with Crippen molar-refractivity contribution >= 4 is 34.3 Å². The molecule has 1 aliphatic rings. The molecule has 23 heavy (non-hydrogen) atoms. The predicted molar refractivity (Wildman–Crippen MR) is 93.9 cm³/mol. The van der Waals surface area contributed by atoms with Crippen molar-refractivity contribution in [2.24, 2.45) is 0 Å². The molecule has 0 bridgehead atoms.